The highest BCUT2D eigenvalue weighted by Crippen LogP contribution is 2.31. The molecule has 3 N–H and O–H groups in total. The van der Waals surface area contributed by atoms with Crippen LogP contribution in [0.1, 0.15) is 23.1 Å². The highest BCUT2D eigenvalue weighted by Gasteiger charge is 2.21. The Morgan fingerprint density at radius 2 is 1.74 bits per heavy atom. The van der Waals surface area contributed by atoms with Crippen LogP contribution in [-0.2, 0) is 11.3 Å². The van der Waals surface area contributed by atoms with Crippen molar-refractivity contribution in [3.05, 3.63) is 38.7 Å². The molecule has 124 valence electrons. The molecule has 2 rings (SSSR count). The molecule has 0 amide bonds. The summed E-state index contributed by atoms with van der Waals surface area (Å²) in [6.45, 7) is 0.352. The minimum Gasteiger partial charge on any atom is -0.481 e. The van der Waals surface area contributed by atoms with Gasteiger partial charge in [0, 0.05) is 27.5 Å². The molecule has 0 fully saturated rings. The maximum Gasteiger partial charge on any atom is 0.220 e. The van der Waals surface area contributed by atoms with Crippen molar-refractivity contribution in [2.24, 2.45) is 0 Å². The summed E-state index contributed by atoms with van der Waals surface area (Å²) in [5.41, 5.74) is 7.91. The SMILES string of the molecule is COCc1cc(I)cc(C(O)c2nc(OC)cc(OC)n2)c1N. The summed E-state index contributed by atoms with van der Waals surface area (Å²) in [4.78, 5) is 8.34. The Morgan fingerprint density at radius 3 is 2.26 bits per heavy atom. The first-order valence-corrected chi connectivity index (χ1v) is 7.79. The Hall–Kier alpha value is -1.65. The van der Waals surface area contributed by atoms with Gasteiger partial charge in [0.25, 0.3) is 0 Å². The lowest BCUT2D eigenvalue weighted by molar-refractivity contribution is 0.184. The summed E-state index contributed by atoms with van der Waals surface area (Å²) in [6, 6.07) is 5.22. The van der Waals surface area contributed by atoms with Gasteiger partial charge in [-0.15, -0.1) is 0 Å². The summed E-state index contributed by atoms with van der Waals surface area (Å²) < 4.78 is 16.3. The number of hydrogen-bond donors (Lipinski definition) is 2. The van der Waals surface area contributed by atoms with Crippen LogP contribution in [0.5, 0.6) is 11.8 Å². The summed E-state index contributed by atoms with van der Waals surface area (Å²) >= 11 is 2.16. The lowest BCUT2D eigenvalue weighted by atomic mass is 10.0. The largest absolute Gasteiger partial charge is 0.481 e. The number of anilines is 1. The van der Waals surface area contributed by atoms with Gasteiger partial charge in [-0.25, -0.2) is 0 Å². The van der Waals surface area contributed by atoms with Gasteiger partial charge in [-0.2, -0.15) is 9.97 Å². The van der Waals surface area contributed by atoms with Gasteiger partial charge < -0.3 is 25.1 Å². The van der Waals surface area contributed by atoms with E-state index in [1.165, 1.54) is 20.3 Å². The normalized spacial score (nSPS) is 12.0. The molecular formula is C15H18IN3O4. The van der Waals surface area contributed by atoms with E-state index >= 15 is 0 Å². The van der Waals surface area contributed by atoms with Crippen molar-refractivity contribution in [2.45, 2.75) is 12.7 Å². The number of nitrogen functional groups attached to an aromatic ring is 1. The molecule has 8 heteroatoms. The molecule has 1 aromatic heterocycles. The lowest BCUT2D eigenvalue weighted by Gasteiger charge is -2.17. The molecule has 0 spiro atoms. The maximum absolute atomic E-state index is 10.7. The summed E-state index contributed by atoms with van der Waals surface area (Å²) in [6.07, 6.45) is -1.11. The number of aromatic nitrogens is 2. The number of methoxy groups -OCH3 is 3. The second-order valence-electron chi connectivity index (χ2n) is 4.71. The molecule has 0 aliphatic heterocycles. The smallest absolute Gasteiger partial charge is 0.220 e. The number of benzene rings is 1. The van der Waals surface area contributed by atoms with Crippen LogP contribution in [0.25, 0.3) is 0 Å². The fraction of sp³-hybridized carbons (Fsp3) is 0.333. The van der Waals surface area contributed by atoms with Gasteiger partial charge >= 0.3 is 0 Å². The van der Waals surface area contributed by atoms with E-state index in [1.54, 1.807) is 13.2 Å². The van der Waals surface area contributed by atoms with E-state index in [-0.39, 0.29) is 5.82 Å². The zero-order valence-electron chi connectivity index (χ0n) is 13.0. The Balaban J connectivity index is 2.50. The number of hydrogen-bond acceptors (Lipinski definition) is 7. The second-order valence-corrected chi connectivity index (χ2v) is 5.96. The van der Waals surface area contributed by atoms with Crippen LogP contribution in [0.15, 0.2) is 18.2 Å². The number of nitrogens with two attached hydrogens (primary N) is 1. The number of aliphatic hydroxyl groups is 1. The van der Waals surface area contributed by atoms with E-state index in [0.717, 1.165) is 9.13 Å². The highest BCUT2D eigenvalue weighted by molar-refractivity contribution is 14.1. The molecule has 1 atom stereocenters. The van der Waals surface area contributed by atoms with Crippen LogP contribution < -0.4 is 15.2 Å². The Labute approximate surface area is 147 Å². The first-order valence-electron chi connectivity index (χ1n) is 6.71. The number of aliphatic hydroxyl groups excluding tert-OH is 1. The van der Waals surface area contributed by atoms with Crippen molar-refractivity contribution < 1.29 is 19.3 Å². The van der Waals surface area contributed by atoms with Crippen molar-refractivity contribution in [2.75, 3.05) is 27.1 Å². The first-order chi connectivity index (χ1) is 11.0. The van der Waals surface area contributed by atoms with Crippen LogP contribution in [-0.4, -0.2) is 36.4 Å². The molecule has 23 heavy (non-hydrogen) atoms. The van der Waals surface area contributed by atoms with E-state index in [9.17, 15) is 5.11 Å². The van der Waals surface area contributed by atoms with Gasteiger partial charge in [0.15, 0.2) is 5.82 Å². The summed E-state index contributed by atoms with van der Waals surface area (Å²) in [7, 11) is 4.55. The fourth-order valence-corrected chi connectivity index (χ4v) is 2.80. The van der Waals surface area contributed by atoms with Gasteiger partial charge in [-0.05, 0) is 34.7 Å². The Morgan fingerprint density at radius 1 is 1.13 bits per heavy atom. The molecule has 0 aliphatic carbocycles. The van der Waals surface area contributed by atoms with Crippen molar-refractivity contribution in [3.8, 4) is 11.8 Å². The molecule has 0 bridgehead atoms. The predicted octanol–water partition coefficient (Wildman–Crippen LogP) is 1.91. The van der Waals surface area contributed by atoms with E-state index in [0.29, 0.717) is 29.6 Å². The third-order valence-corrected chi connectivity index (χ3v) is 3.84. The van der Waals surface area contributed by atoms with E-state index in [2.05, 4.69) is 32.6 Å². The zero-order valence-corrected chi connectivity index (χ0v) is 15.2. The molecule has 1 heterocycles. The molecule has 2 aromatic rings. The monoisotopic (exact) mass is 431 g/mol. The Kier molecular flexibility index (Phi) is 5.97. The van der Waals surface area contributed by atoms with Gasteiger partial charge in [0.2, 0.25) is 11.8 Å². The number of halogens is 1. The van der Waals surface area contributed by atoms with E-state index in [1.807, 2.05) is 6.07 Å². The standard InChI is InChI=1S/C15H18IN3O4/c1-21-7-8-4-9(16)5-10(13(8)17)14(20)15-18-11(22-2)6-12(19-15)23-3/h4-6,14,20H,7,17H2,1-3H3. The highest BCUT2D eigenvalue weighted by atomic mass is 127. The number of ether oxygens (including phenoxy) is 3. The third-order valence-electron chi connectivity index (χ3n) is 3.22. The summed E-state index contributed by atoms with van der Waals surface area (Å²) in [5.74, 6) is 0.748. The van der Waals surface area contributed by atoms with Crippen molar-refractivity contribution in [1.29, 1.82) is 0 Å². The minimum absolute atomic E-state index is 0.151. The third kappa shape index (κ3) is 4.01. The van der Waals surface area contributed by atoms with E-state index < -0.39 is 6.10 Å². The van der Waals surface area contributed by atoms with Gasteiger partial charge in [0.05, 0.1) is 26.9 Å². The minimum atomic E-state index is -1.11. The molecule has 0 radical (unpaired) electrons. The average molecular weight is 431 g/mol. The van der Waals surface area contributed by atoms with Crippen molar-refractivity contribution in [3.63, 3.8) is 0 Å². The van der Waals surface area contributed by atoms with Crippen LogP contribution in [0.3, 0.4) is 0 Å². The van der Waals surface area contributed by atoms with Crippen molar-refractivity contribution >= 4 is 28.3 Å². The number of rotatable bonds is 6. The van der Waals surface area contributed by atoms with Gasteiger partial charge in [-0.1, -0.05) is 0 Å². The summed E-state index contributed by atoms with van der Waals surface area (Å²) in [5, 5.41) is 10.7. The zero-order chi connectivity index (χ0) is 17.0. The number of nitrogens with zero attached hydrogens (tertiary/aromatic N) is 2. The quantitative estimate of drug-likeness (QED) is 0.533. The molecule has 1 aromatic carbocycles. The van der Waals surface area contributed by atoms with Crippen LogP contribution in [0.4, 0.5) is 5.69 Å². The molecule has 0 aliphatic rings. The second kappa shape index (κ2) is 7.75. The lowest BCUT2D eigenvalue weighted by Crippen LogP contribution is -2.11. The molecule has 1 unspecified atom stereocenters. The van der Waals surface area contributed by atoms with Crippen LogP contribution >= 0.6 is 22.6 Å². The molecule has 7 nitrogen and oxygen atoms in total. The van der Waals surface area contributed by atoms with Gasteiger partial charge in [-0.3, -0.25) is 0 Å². The van der Waals surface area contributed by atoms with Gasteiger partial charge in [0.1, 0.15) is 6.10 Å². The molecule has 0 saturated carbocycles. The molecule has 0 saturated heterocycles. The predicted molar refractivity (Wildman–Crippen MR) is 93.5 cm³/mol. The van der Waals surface area contributed by atoms with E-state index in [4.69, 9.17) is 19.9 Å². The molecular weight excluding hydrogens is 413 g/mol. The van der Waals surface area contributed by atoms with Crippen LogP contribution in [0, 0.1) is 3.57 Å². The topological polar surface area (TPSA) is 99.7 Å². The maximum atomic E-state index is 10.7. The first kappa shape index (κ1) is 17.7. The fourth-order valence-electron chi connectivity index (χ4n) is 2.09. The van der Waals surface area contributed by atoms with Crippen LogP contribution in [0.2, 0.25) is 0 Å². The van der Waals surface area contributed by atoms with Crippen molar-refractivity contribution in [1.82, 2.24) is 9.97 Å². The Bertz CT molecular complexity index is 674. The average Bonchev–Trinajstić information content (AvgIpc) is 2.56.